The molecule has 0 aliphatic carbocycles. The zero-order chi connectivity index (χ0) is 22.1. The first-order valence-corrected chi connectivity index (χ1v) is 10.7. The summed E-state index contributed by atoms with van der Waals surface area (Å²) in [6.45, 7) is 0.879. The number of para-hydroxylation sites is 1. The average Bonchev–Trinajstić information content (AvgIpc) is 3.43. The molecule has 32 heavy (non-hydrogen) atoms. The molecule has 9 heteroatoms. The fourth-order valence-corrected chi connectivity index (χ4v) is 3.93. The first-order valence-electron chi connectivity index (χ1n) is 10.3. The lowest BCUT2D eigenvalue weighted by atomic mass is 10.2. The summed E-state index contributed by atoms with van der Waals surface area (Å²) >= 11 is 6.11. The van der Waals surface area contributed by atoms with Crippen molar-refractivity contribution in [3.8, 4) is 5.75 Å². The summed E-state index contributed by atoms with van der Waals surface area (Å²) in [5.74, 6) is 0.0602. The van der Waals surface area contributed by atoms with Crippen molar-refractivity contribution in [1.82, 2.24) is 9.55 Å². The Labute approximate surface area is 187 Å². The highest BCUT2D eigenvalue weighted by molar-refractivity contribution is 6.31. The van der Waals surface area contributed by atoms with Crippen molar-refractivity contribution in [2.24, 2.45) is 0 Å². The van der Waals surface area contributed by atoms with Crippen LogP contribution in [-0.2, 0) is 16.1 Å². The van der Waals surface area contributed by atoms with Crippen molar-refractivity contribution in [3.63, 3.8) is 0 Å². The Morgan fingerprint density at radius 1 is 1.28 bits per heavy atom. The van der Waals surface area contributed by atoms with E-state index in [1.165, 1.54) is 10.9 Å². The summed E-state index contributed by atoms with van der Waals surface area (Å²) in [6, 6.07) is 12.3. The first kappa shape index (κ1) is 20.5. The number of benzene rings is 2. The smallest absolute Gasteiger partial charge is 0.297 e. The third-order valence-corrected chi connectivity index (χ3v) is 5.56. The molecule has 8 nitrogen and oxygen atoms in total. The van der Waals surface area contributed by atoms with E-state index in [0.717, 1.165) is 24.8 Å². The summed E-state index contributed by atoms with van der Waals surface area (Å²) < 4.78 is 18.3. The molecule has 1 N–H and O–H groups in total. The lowest BCUT2D eigenvalue weighted by Crippen LogP contribution is -2.28. The quantitative estimate of drug-likeness (QED) is 0.474. The van der Waals surface area contributed by atoms with E-state index >= 15 is 0 Å². The standard InChI is InChI=1S/C23H20ClN3O5/c24-14-7-8-19(31-12-15-4-3-9-30-15)17(10-14)26-20(28)11-27-13-25-21-16-5-1-2-6-18(16)32-22(21)23(27)29/h1-2,5-8,10,13,15H,3-4,9,11-12H2,(H,26,28). The van der Waals surface area contributed by atoms with Crippen molar-refractivity contribution in [2.45, 2.75) is 25.5 Å². The van der Waals surface area contributed by atoms with Crippen molar-refractivity contribution in [1.29, 1.82) is 0 Å². The Morgan fingerprint density at radius 2 is 2.16 bits per heavy atom. The molecule has 5 rings (SSSR count). The Hall–Kier alpha value is -3.36. The Balaban J connectivity index is 1.35. The fourth-order valence-electron chi connectivity index (χ4n) is 3.76. The number of nitrogens with zero attached hydrogens (tertiary/aromatic N) is 2. The first-order chi connectivity index (χ1) is 15.6. The van der Waals surface area contributed by atoms with Crippen LogP contribution in [0.4, 0.5) is 5.69 Å². The van der Waals surface area contributed by atoms with Gasteiger partial charge in [-0.25, -0.2) is 4.98 Å². The normalized spacial score (nSPS) is 16.0. The molecule has 2 aromatic heterocycles. The molecule has 164 valence electrons. The van der Waals surface area contributed by atoms with Crippen molar-refractivity contribution >= 4 is 45.3 Å². The van der Waals surface area contributed by atoms with Gasteiger partial charge in [0.2, 0.25) is 11.5 Å². The number of carbonyl (C=O) groups is 1. The number of aromatic nitrogens is 2. The summed E-state index contributed by atoms with van der Waals surface area (Å²) in [5, 5.41) is 3.97. The molecule has 2 aromatic carbocycles. The van der Waals surface area contributed by atoms with Gasteiger partial charge in [0.25, 0.3) is 5.56 Å². The van der Waals surface area contributed by atoms with Crippen LogP contribution in [0.1, 0.15) is 12.8 Å². The molecule has 0 saturated carbocycles. The lowest BCUT2D eigenvalue weighted by Gasteiger charge is -2.15. The van der Waals surface area contributed by atoms with Crippen LogP contribution in [-0.4, -0.2) is 34.8 Å². The van der Waals surface area contributed by atoms with Gasteiger partial charge in [-0.2, -0.15) is 0 Å². The maximum Gasteiger partial charge on any atom is 0.297 e. The largest absolute Gasteiger partial charge is 0.489 e. The number of furan rings is 1. The van der Waals surface area contributed by atoms with Crippen LogP contribution >= 0.6 is 11.6 Å². The van der Waals surface area contributed by atoms with Gasteiger partial charge >= 0.3 is 0 Å². The highest BCUT2D eigenvalue weighted by Crippen LogP contribution is 2.29. The second-order valence-corrected chi connectivity index (χ2v) is 8.02. The van der Waals surface area contributed by atoms with Crippen LogP contribution in [0.2, 0.25) is 5.02 Å². The van der Waals surface area contributed by atoms with E-state index in [0.29, 0.717) is 34.2 Å². The highest BCUT2D eigenvalue weighted by atomic mass is 35.5. The summed E-state index contributed by atoms with van der Waals surface area (Å²) in [5.41, 5.74) is 1.15. The summed E-state index contributed by atoms with van der Waals surface area (Å²) in [6.07, 6.45) is 3.33. The van der Waals surface area contributed by atoms with Gasteiger partial charge in [-0.15, -0.1) is 0 Å². The number of hydrogen-bond acceptors (Lipinski definition) is 6. The van der Waals surface area contributed by atoms with Gasteiger partial charge in [-0.1, -0.05) is 23.7 Å². The maximum absolute atomic E-state index is 12.8. The number of rotatable bonds is 6. The minimum Gasteiger partial charge on any atom is -0.489 e. The second-order valence-electron chi connectivity index (χ2n) is 7.59. The topological polar surface area (TPSA) is 95.6 Å². The number of ether oxygens (including phenoxy) is 2. The molecule has 1 unspecified atom stereocenters. The van der Waals surface area contributed by atoms with Crippen molar-refractivity contribution < 1.29 is 18.7 Å². The van der Waals surface area contributed by atoms with Crippen LogP contribution in [0.25, 0.3) is 22.1 Å². The maximum atomic E-state index is 12.8. The average molecular weight is 454 g/mol. The van der Waals surface area contributed by atoms with Crippen LogP contribution in [0.5, 0.6) is 5.75 Å². The van der Waals surface area contributed by atoms with Gasteiger partial charge in [0.1, 0.15) is 30.0 Å². The van der Waals surface area contributed by atoms with Crippen LogP contribution in [0.3, 0.4) is 0 Å². The number of anilines is 1. The minimum atomic E-state index is -0.428. The lowest BCUT2D eigenvalue weighted by molar-refractivity contribution is -0.116. The molecule has 0 bridgehead atoms. The van der Waals surface area contributed by atoms with Crippen LogP contribution in [0.15, 0.2) is 58.0 Å². The van der Waals surface area contributed by atoms with Crippen LogP contribution in [0, 0.1) is 0 Å². The number of fused-ring (bicyclic) bond motifs is 3. The van der Waals surface area contributed by atoms with Crippen LogP contribution < -0.4 is 15.6 Å². The SMILES string of the molecule is O=C(Cn1cnc2c(oc3ccccc32)c1=O)Nc1cc(Cl)ccc1OCC1CCCO1. The fraction of sp³-hybridized carbons (Fsp3) is 0.261. The Kier molecular flexibility index (Phi) is 5.55. The molecule has 1 fully saturated rings. The summed E-state index contributed by atoms with van der Waals surface area (Å²) in [4.78, 5) is 29.9. The predicted octanol–water partition coefficient (Wildman–Crippen LogP) is 3.99. The van der Waals surface area contributed by atoms with Gasteiger partial charge in [-0.05, 0) is 43.2 Å². The van der Waals surface area contributed by atoms with E-state index in [1.54, 1.807) is 24.3 Å². The molecular formula is C23H20ClN3O5. The molecule has 1 atom stereocenters. The van der Waals surface area contributed by atoms with E-state index in [2.05, 4.69) is 10.3 Å². The third kappa shape index (κ3) is 4.06. The Morgan fingerprint density at radius 3 is 3.00 bits per heavy atom. The molecule has 1 aliphatic rings. The van der Waals surface area contributed by atoms with E-state index in [9.17, 15) is 9.59 Å². The monoisotopic (exact) mass is 453 g/mol. The molecule has 0 radical (unpaired) electrons. The number of carbonyl (C=O) groups excluding carboxylic acids is 1. The van der Waals surface area contributed by atoms with Gasteiger partial charge < -0.3 is 19.2 Å². The highest BCUT2D eigenvalue weighted by Gasteiger charge is 2.18. The second kappa shape index (κ2) is 8.64. The van der Waals surface area contributed by atoms with Gasteiger partial charge in [-0.3, -0.25) is 14.2 Å². The third-order valence-electron chi connectivity index (χ3n) is 5.33. The predicted molar refractivity (Wildman–Crippen MR) is 120 cm³/mol. The number of hydrogen-bond donors (Lipinski definition) is 1. The number of halogens is 1. The van der Waals surface area contributed by atoms with E-state index < -0.39 is 11.5 Å². The van der Waals surface area contributed by atoms with Gasteiger partial charge in [0, 0.05) is 17.0 Å². The van der Waals surface area contributed by atoms with Crippen molar-refractivity contribution in [3.05, 3.63) is 64.2 Å². The van der Waals surface area contributed by atoms with E-state index in [1.807, 2.05) is 18.2 Å². The molecule has 1 aliphatic heterocycles. The molecule has 1 amide bonds. The van der Waals surface area contributed by atoms with Crippen molar-refractivity contribution in [2.75, 3.05) is 18.5 Å². The number of nitrogens with one attached hydrogen (secondary N) is 1. The molecule has 4 aromatic rings. The zero-order valence-electron chi connectivity index (χ0n) is 17.0. The van der Waals surface area contributed by atoms with E-state index in [4.69, 9.17) is 25.5 Å². The molecular weight excluding hydrogens is 434 g/mol. The van der Waals surface area contributed by atoms with E-state index in [-0.39, 0.29) is 18.2 Å². The molecule has 0 spiro atoms. The zero-order valence-corrected chi connectivity index (χ0v) is 17.8. The minimum absolute atomic E-state index is 0.0365. The summed E-state index contributed by atoms with van der Waals surface area (Å²) in [7, 11) is 0. The number of amides is 1. The van der Waals surface area contributed by atoms with Gasteiger partial charge in [0.05, 0.1) is 18.1 Å². The van der Waals surface area contributed by atoms with Gasteiger partial charge in [0.15, 0.2) is 0 Å². The molecule has 3 heterocycles. The molecule has 1 saturated heterocycles. The Bertz CT molecular complexity index is 1360.